The quantitative estimate of drug-likeness (QED) is 0.744. The zero-order chi connectivity index (χ0) is 13.4. The Balaban J connectivity index is 2.64. The van der Waals surface area contributed by atoms with Gasteiger partial charge in [0, 0.05) is 18.6 Å². The van der Waals surface area contributed by atoms with Gasteiger partial charge in [-0.1, -0.05) is 26.1 Å². The number of nitrogens with one attached hydrogen (secondary N) is 1. The largest absolute Gasteiger partial charge is 0.392 e. The summed E-state index contributed by atoms with van der Waals surface area (Å²) in [6, 6.07) is 0.119. The zero-order valence-corrected chi connectivity index (χ0v) is 12.0. The predicted octanol–water partition coefficient (Wildman–Crippen LogP) is 1.23. The first-order chi connectivity index (χ1) is 7.64. The molecule has 0 spiro atoms. The molecule has 5 heteroatoms. The maximum absolute atomic E-state index is 12.1. The van der Waals surface area contributed by atoms with Crippen LogP contribution >= 0.6 is 12.2 Å². The van der Waals surface area contributed by atoms with E-state index >= 15 is 0 Å². The molecule has 2 atom stereocenters. The van der Waals surface area contributed by atoms with Crippen molar-refractivity contribution in [3.05, 3.63) is 0 Å². The maximum Gasteiger partial charge on any atom is 0.232 e. The van der Waals surface area contributed by atoms with Gasteiger partial charge in [-0.2, -0.15) is 0 Å². The third-order valence-corrected chi connectivity index (χ3v) is 4.46. The lowest BCUT2D eigenvalue weighted by atomic mass is 9.64. The lowest BCUT2D eigenvalue weighted by Crippen LogP contribution is -2.63. The Morgan fingerprint density at radius 2 is 2.06 bits per heavy atom. The van der Waals surface area contributed by atoms with Crippen LogP contribution in [0.3, 0.4) is 0 Å². The van der Waals surface area contributed by atoms with Gasteiger partial charge in [0.1, 0.15) is 0 Å². The average Bonchev–Trinajstić information content (AvgIpc) is 2.22. The van der Waals surface area contributed by atoms with Crippen LogP contribution in [0.4, 0.5) is 0 Å². The van der Waals surface area contributed by atoms with E-state index in [-0.39, 0.29) is 28.5 Å². The highest BCUT2D eigenvalue weighted by Crippen LogP contribution is 2.42. The topological polar surface area (TPSA) is 64.3 Å². The fourth-order valence-electron chi connectivity index (χ4n) is 1.98. The van der Waals surface area contributed by atoms with Crippen molar-refractivity contribution in [3.8, 4) is 0 Å². The van der Waals surface area contributed by atoms with E-state index in [4.69, 9.17) is 22.7 Å². The molecule has 1 aliphatic rings. The van der Waals surface area contributed by atoms with E-state index in [1.54, 1.807) is 21.0 Å². The number of hydrogen-bond donors (Lipinski definition) is 2. The van der Waals surface area contributed by atoms with Crippen molar-refractivity contribution < 1.29 is 9.53 Å². The molecule has 1 amide bonds. The minimum atomic E-state index is -0.802. The van der Waals surface area contributed by atoms with Crippen molar-refractivity contribution in [2.24, 2.45) is 16.6 Å². The van der Waals surface area contributed by atoms with Crippen molar-refractivity contribution in [1.29, 1.82) is 0 Å². The predicted molar refractivity (Wildman–Crippen MR) is 71.7 cm³/mol. The van der Waals surface area contributed by atoms with Crippen LogP contribution in [0.15, 0.2) is 0 Å². The molecule has 3 N–H and O–H groups in total. The number of methoxy groups -OCH3 is 1. The fraction of sp³-hybridized carbons (Fsp3) is 0.833. The Hall–Kier alpha value is -0.680. The molecule has 1 saturated carbocycles. The zero-order valence-electron chi connectivity index (χ0n) is 11.2. The van der Waals surface area contributed by atoms with E-state index in [0.29, 0.717) is 0 Å². The fourth-order valence-corrected chi connectivity index (χ4v) is 2.07. The summed E-state index contributed by atoms with van der Waals surface area (Å²) in [5, 5.41) is 3.01. The molecule has 0 aromatic rings. The number of carbonyl (C=O) groups excluding carboxylic acids is 1. The summed E-state index contributed by atoms with van der Waals surface area (Å²) in [6.07, 6.45) is 1.03. The van der Waals surface area contributed by atoms with Gasteiger partial charge in [-0.05, 0) is 20.3 Å². The van der Waals surface area contributed by atoms with Gasteiger partial charge in [-0.15, -0.1) is 0 Å². The van der Waals surface area contributed by atoms with Gasteiger partial charge < -0.3 is 15.8 Å². The molecule has 0 radical (unpaired) electrons. The van der Waals surface area contributed by atoms with E-state index in [9.17, 15) is 4.79 Å². The number of hydrogen-bond acceptors (Lipinski definition) is 3. The van der Waals surface area contributed by atoms with Crippen LogP contribution < -0.4 is 11.1 Å². The summed E-state index contributed by atoms with van der Waals surface area (Å²) in [6.45, 7) is 7.65. The molecule has 1 rings (SSSR count). The molecule has 17 heavy (non-hydrogen) atoms. The van der Waals surface area contributed by atoms with Gasteiger partial charge in [-0.3, -0.25) is 4.79 Å². The summed E-state index contributed by atoms with van der Waals surface area (Å²) in [5.41, 5.74) is 4.73. The second-order valence-corrected chi connectivity index (χ2v) is 6.24. The molecule has 0 aromatic carbocycles. The lowest BCUT2D eigenvalue weighted by Gasteiger charge is -2.51. The molecule has 0 bridgehead atoms. The number of thiocarbonyl (C=S) groups is 1. The Bertz CT molecular complexity index is 339. The smallest absolute Gasteiger partial charge is 0.232 e. The third kappa shape index (κ3) is 2.45. The summed E-state index contributed by atoms with van der Waals surface area (Å²) in [5.74, 6) is -0.113. The monoisotopic (exact) mass is 258 g/mol. The molecule has 1 aliphatic carbocycles. The van der Waals surface area contributed by atoms with E-state index in [1.165, 1.54) is 0 Å². The van der Waals surface area contributed by atoms with Gasteiger partial charge in [-0.25, -0.2) is 0 Å². The minimum Gasteiger partial charge on any atom is -0.392 e. The van der Waals surface area contributed by atoms with Crippen LogP contribution in [0.25, 0.3) is 0 Å². The second kappa shape index (κ2) is 4.53. The van der Waals surface area contributed by atoms with Crippen molar-refractivity contribution in [3.63, 3.8) is 0 Å². The van der Waals surface area contributed by atoms with Crippen molar-refractivity contribution in [2.75, 3.05) is 7.11 Å². The maximum atomic E-state index is 12.1. The standard InChI is InChI=1S/C12H22N2O2S/c1-11(2)7(6-8(11)16-5)14-10(15)12(3,4)9(13)17/h7-8H,6H2,1-5H3,(H2,13,17)(H,14,15). The van der Waals surface area contributed by atoms with Crippen LogP contribution in [0.1, 0.15) is 34.1 Å². The SMILES string of the molecule is COC1CC(NC(=O)C(C)(C)C(N)=S)C1(C)C. The van der Waals surface area contributed by atoms with Gasteiger partial charge >= 0.3 is 0 Å². The third-order valence-electron chi connectivity index (χ3n) is 3.95. The molecule has 1 fully saturated rings. The first-order valence-electron chi connectivity index (χ1n) is 5.77. The van der Waals surface area contributed by atoms with Crippen LogP contribution in [-0.4, -0.2) is 30.2 Å². The summed E-state index contributed by atoms with van der Waals surface area (Å²) < 4.78 is 5.34. The number of ether oxygens (including phenoxy) is 1. The Labute approximate surface area is 108 Å². The molecular weight excluding hydrogens is 236 g/mol. The first kappa shape index (κ1) is 14.4. The average molecular weight is 258 g/mol. The van der Waals surface area contributed by atoms with Crippen molar-refractivity contribution >= 4 is 23.1 Å². The summed E-state index contributed by atoms with van der Waals surface area (Å²) >= 11 is 4.91. The second-order valence-electron chi connectivity index (χ2n) is 5.80. The number of amides is 1. The van der Waals surface area contributed by atoms with Gasteiger partial charge in [0.15, 0.2) is 0 Å². The molecule has 98 valence electrons. The molecule has 2 unspecified atom stereocenters. The minimum absolute atomic E-state index is 0.0449. The van der Waals surface area contributed by atoms with Crippen LogP contribution in [0.5, 0.6) is 0 Å². The van der Waals surface area contributed by atoms with Crippen LogP contribution in [-0.2, 0) is 9.53 Å². The number of rotatable bonds is 4. The molecule has 0 saturated heterocycles. The highest BCUT2D eigenvalue weighted by atomic mass is 32.1. The van der Waals surface area contributed by atoms with Gasteiger partial charge in [0.2, 0.25) is 5.91 Å². The Kier molecular flexibility index (Phi) is 3.84. The van der Waals surface area contributed by atoms with Gasteiger partial charge in [0.25, 0.3) is 0 Å². The van der Waals surface area contributed by atoms with Gasteiger partial charge in [0.05, 0.1) is 16.5 Å². The molecule has 0 aromatic heterocycles. The van der Waals surface area contributed by atoms with Crippen molar-refractivity contribution in [2.45, 2.75) is 46.3 Å². The molecule has 0 heterocycles. The summed E-state index contributed by atoms with van der Waals surface area (Å²) in [7, 11) is 1.70. The summed E-state index contributed by atoms with van der Waals surface area (Å²) in [4.78, 5) is 12.3. The number of carbonyl (C=O) groups is 1. The molecule has 4 nitrogen and oxygen atoms in total. The van der Waals surface area contributed by atoms with Crippen LogP contribution in [0, 0.1) is 10.8 Å². The number of nitrogens with two attached hydrogens (primary N) is 1. The van der Waals surface area contributed by atoms with E-state index in [1.807, 2.05) is 0 Å². The normalized spacial score (nSPS) is 27.1. The highest BCUT2D eigenvalue weighted by molar-refractivity contribution is 7.80. The Morgan fingerprint density at radius 1 is 1.53 bits per heavy atom. The van der Waals surface area contributed by atoms with Crippen molar-refractivity contribution in [1.82, 2.24) is 5.32 Å². The highest BCUT2D eigenvalue weighted by Gasteiger charge is 2.50. The lowest BCUT2D eigenvalue weighted by molar-refractivity contribution is -0.137. The van der Waals surface area contributed by atoms with Crippen LogP contribution in [0.2, 0.25) is 0 Å². The van der Waals surface area contributed by atoms with E-state index in [0.717, 1.165) is 6.42 Å². The van der Waals surface area contributed by atoms with E-state index in [2.05, 4.69) is 19.2 Å². The Morgan fingerprint density at radius 3 is 2.41 bits per heavy atom. The molecule has 0 aliphatic heterocycles. The first-order valence-corrected chi connectivity index (χ1v) is 6.18. The molecular formula is C12H22N2O2S. The van der Waals surface area contributed by atoms with E-state index < -0.39 is 5.41 Å².